The number of nitrogens with zero attached hydrogens (tertiary/aromatic N) is 1. The summed E-state index contributed by atoms with van der Waals surface area (Å²) in [5.41, 5.74) is 0.185. The molecule has 0 radical (unpaired) electrons. The van der Waals surface area contributed by atoms with Crippen molar-refractivity contribution in [2.45, 2.75) is 19.8 Å². The molecule has 0 aliphatic carbocycles. The van der Waals surface area contributed by atoms with Crippen molar-refractivity contribution >= 4 is 17.8 Å². The number of carbonyl (C=O) groups is 3. The standard InChI is InChI=1S/C16H19NO5/c1-2-22-16(21)11-7-9-17(10-8-11)14(18)12-5-3-4-6-13(12)15(19)20/h3-6,11H,2,7-10H2,1H3,(H,19,20). The van der Waals surface area contributed by atoms with Gasteiger partial charge in [-0.3, -0.25) is 9.59 Å². The summed E-state index contributed by atoms with van der Waals surface area (Å²) < 4.78 is 4.99. The third-order valence-corrected chi connectivity index (χ3v) is 3.79. The molecule has 118 valence electrons. The molecule has 1 amide bonds. The van der Waals surface area contributed by atoms with Crippen LogP contribution in [0, 0.1) is 5.92 Å². The van der Waals surface area contributed by atoms with Gasteiger partial charge in [-0.2, -0.15) is 0 Å². The van der Waals surface area contributed by atoms with Gasteiger partial charge in [0.25, 0.3) is 5.91 Å². The first kappa shape index (κ1) is 16.0. The van der Waals surface area contributed by atoms with Crippen molar-refractivity contribution < 1.29 is 24.2 Å². The van der Waals surface area contributed by atoms with Crippen molar-refractivity contribution in [2.75, 3.05) is 19.7 Å². The zero-order valence-corrected chi connectivity index (χ0v) is 12.4. The Morgan fingerprint density at radius 3 is 2.32 bits per heavy atom. The maximum atomic E-state index is 12.5. The van der Waals surface area contributed by atoms with Crippen molar-refractivity contribution in [2.24, 2.45) is 5.92 Å². The van der Waals surface area contributed by atoms with E-state index in [2.05, 4.69) is 0 Å². The summed E-state index contributed by atoms with van der Waals surface area (Å²) in [4.78, 5) is 36.9. The van der Waals surface area contributed by atoms with E-state index in [4.69, 9.17) is 9.84 Å². The number of rotatable bonds is 4. The Balaban J connectivity index is 2.04. The first-order valence-electron chi connectivity index (χ1n) is 7.32. The Morgan fingerprint density at radius 1 is 1.18 bits per heavy atom. The molecule has 6 nitrogen and oxygen atoms in total. The highest BCUT2D eigenvalue weighted by Gasteiger charge is 2.29. The van der Waals surface area contributed by atoms with E-state index < -0.39 is 5.97 Å². The van der Waals surface area contributed by atoms with Crippen LogP contribution in [-0.4, -0.2) is 47.5 Å². The summed E-state index contributed by atoms with van der Waals surface area (Å²) in [7, 11) is 0. The van der Waals surface area contributed by atoms with Gasteiger partial charge in [-0.05, 0) is 31.9 Å². The van der Waals surface area contributed by atoms with Gasteiger partial charge >= 0.3 is 11.9 Å². The number of carbonyl (C=O) groups excluding carboxylic acids is 2. The SMILES string of the molecule is CCOC(=O)C1CCN(C(=O)c2ccccc2C(=O)O)CC1. The fourth-order valence-electron chi connectivity index (χ4n) is 2.60. The molecular formula is C16H19NO5. The van der Waals surface area contributed by atoms with E-state index in [1.807, 2.05) is 0 Å². The Labute approximate surface area is 128 Å². The number of aromatic carboxylic acids is 1. The second kappa shape index (κ2) is 7.06. The number of likely N-dealkylation sites (tertiary alicyclic amines) is 1. The molecule has 1 heterocycles. The largest absolute Gasteiger partial charge is 0.478 e. The van der Waals surface area contributed by atoms with Crippen LogP contribution in [0.1, 0.15) is 40.5 Å². The van der Waals surface area contributed by atoms with E-state index in [-0.39, 0.29) is 28.9 Å². The van der Waals surface area contributed by atoms with Crippen LogP contribution in [0.15, 0.2) is 24.3 Å². The fourth-order valence-corrected chi connectivity index (χ4v) is 2.60. The summed E-state index contributed by atoms with van der Waals surface area (Å²) in [5, 5.41) is 9.15. The van der Waals surface area contributed by atoms with Crippen molar-refractivity contribution in [3.8, 4) is 0 Å². The molecule has 1 aliphatic rings. The van der Waals surface area contributed by atoms with E-state index in [9.17, 15) is 14.4 Å². The molecule has 1 aliphatic heterocycles. The lowest BCUT2D eigenvalue weighted by molar-refractivity contribution is -0.149. The number of amides is 1. The molecule has 1 aromatic carbocycles. The molecule has 1 aromatic rings. The second-order valence-electron chi connectivity index (χ2n) is 5.17. The van der Waals surface area contributed by atoms with Crippen molar-refractivity contribution in [3.05, 3.63) is 35.4 Å². The van der Waals surface area contributed by atoms with E-state index in [1.54, 1.807) is 24.0 Å². The van der Waals surface area contributed by atoms with E-state index in [0.717, 1.165) is 0 Å². The third kappa shape index (κ3) is 3.44. The normalized spacial score (nSPS) is 15.4. The highest BCUT2D eigenvalue weighted by Crippen LogP contribution is 2.21. The lowest BCUT2D eigenvalue weighted by Crippen LogP contribution is -2.41. The van der Waals surface area contributed by atoms with Gasteiger partial charge in [0, 0.05) is 13.1 Å². The summed E-state index contributed by atoms with van der Waals surface area (Å²) in [5.74, 6) is -1.83. The Hall–Kier alpha value is -2.37. The summed E-state index contributed by atoms with van der Waals surface area (Å²) >= 11 is 0. The first-order valence-corrected chi connectivity index (χ1v) is 7.32. The van der Waals surface area contributed by atoms with Gasteiger partial charge in [-0.25, -0.2) is 4.79 Å². The lowest BCUT2D eigenvalue weighted by Gasteiger charge is -2.31. The molecule has 22 heavy (non-hydrogen) atoms. The minimum atomic E-state index is -1.12. The molecule has 0 atom stereocenters. The third-order valence-electron chi connectivity index (χ3n) is 3.79. The highest BCUT2D eigenvalue weighted by atomic mass is 16.5. The maximum Gasteiger partial charge on any atom is 0.336 e. The topological polar surface area (TPSA) is 83.9 Å². The number of carboxylic acid groups (broad SMARTS) is 1. The van der Waals surface area contributed by atoms with Crippen molar-refractivity contribution in [1.29, 1.82) is 0 Å². The lowest BCUT2D eigenvalue weighted by atomic mass is 9.96. The molecule has 6 heteroatoms. The first-order chi connectivity index (χ1) is 10.5. The average Bonchev–Trinajstić information content (AvgIpc) is 2.54. The van der Waals surface area contributed by atoms with E-state index in [1.165, 1.54) is 12.1 Å². The van der Waals surface area contributed by atoms with Gasteiger partial charge in [-0.1, -0.05) is 12.1 Å². The average molecular weight is 305 g/mol. The van der Waals surface area contributed by atoms with Gasteiger partial charge in [0.05, 0.1) is 23.7 Å². The number of benzene rings is 1. The molecular weight excluding hydrogens is 286 g/mol. The zero-order chi connectivity index (χ0) is 16.1. The predicted molar refractivity (Wildman–Crippen MR) is 78.7 cm³/mol. The van der Waals surface area contributed by atoms with Crippen LogP contribution < -0.4 is 0 Å². The van der Waals surface area contributed by atoms with E-state index in [0.29, 0.717) is 32.5 Å². The Bertz CT molecular complexity index is 576. The van der Waals surface area contributed by atoms with Crippen LogP contribution in [0.3, 0.4) is 0 Å². The van der Waals surface area contributed by atoms with Gasteiger partial charge in [0.1, 0.15) is 0 Å². The number of piperidine rings is 1. The van der Waals surface area contributed by atoms with Crippen molar-refractivity contribution in [3.63, 3.8) is 0 Å². The zero-order valence-electron chi connectivity index (χ0n) is 12.4. The molecule has 1 fully saturated rings. The number of esters is 1. The van der Waals surface area contributed by atoms with Crippen molar-refractivity contribution in [1.82, 2.24) is 4.90 Å². The molecule has 0 saturated carbocycles. The number of hydrogen-bond acceptors (Lipinski definition) is 4. The van der Waals surface area contributed by atoms with Crippen LogP contribution in [0.5, 0.6) is 0 Å². The molecule has 0 spiro atoms. The Morgan fingerprint density at radius 2 is 1.77 bits per heavy atom. The van der Waals surface area contributed by atoms with Crippen LogP contribution >= 0.6 is 0 Å². The minimum absolute atomic E-state index is 0.0000150. The van der Waals surface area contributed by atoms with Gasteiger partial charge in [0.2, 0.25) is 0 Å². The fraction of sp³-hybridized carbons (Fsp3) is 0.438. The second-order valence-corrected chi connectivity index (χ2v) is 5.17. The summed E-state index contributed by atoms with van der Waals surface area (Å²) in [6, 6.07) is 6.17. The quantitative estimate of drug-likeness (QED) is 0.858. The van der Waals surface area contributed by atoms with Gasteiger partial charge in [0.15, 0.2) is 0 Å². The molecule has 0 unspecified atom stereocenters. The predicted octanol–water partition coefficient (Wildman–Crippen LogP) is 1.80. The number of ether oxygens (including phenoxy) is 1. The van der Waals surface area contributed by atoms with Gasteiger partial charge < -0.3 is 14.7 Å². The Kier molecular flexibility index (Phi) is 5.14. The smallest absolute Gasteiger partial charge is 0.336 e. The van der Waals surface area contributed by atoms with Crippen LogP contribution in [-0.2, 0) is 9.53 Å². The molecule has 1 saturated heterocycles. The van der Waals surface area contributed by atoms with Gasteiger partial charge in [-0.15, -0.1) is 0 Å². The molecule has 2 rings (SSSR count). The number of carboxylic acids is 1. The van der Waals surface area contributed by atoms with Crippen LogP contribution in [0.4, 0.5) is 0 Å². The maximum absolute atomic E-state index is 12.5. The van der Waals surface area contributed by atoms with Crippen LogP contribution in [0.25, 0.3) is 0 Å². The molecule has 1 N–H and O–H groups in total. The number of hydrogen-bond donors (Lipinski definition) is 1. The van der Waals surface area contributed by atoms with Crippen LogP contribution in [0.2, 0.25) is 0 Å². The summed E-state index contributed by atoms with van der Waals surface area (Å²) in [6.45, 7) is 2.97. The van der Waals surface area contributed by atoms with E-state index >= 15 is 0 Å². The highest BCUT2D eigenvalue weighted by molar-refractivity contribution is 6.04. The molecule has 0 aromatic heterocycles. The molecule has 0 bridgehead atoms. The monoisotopic (exact) mass is 305 g/mol. The summed E-state index contributed by atoms with van der Waals surface area (Å²) in [6.07, 6.45) is 1.08. The minimum Gasteiger partial charge on any atom is -0.478 e.